The van der Waals surface area contributed by atoms with Crippen molar-refractivity contribution in [2.24, 2.45) is 0 Å². The summed E-state index contributed by atoms with van der Waals surface area (Å²) in [6, 6.07) is 5.65. The van der Waals surface area contributed by atoms with Gasteiger partial charge >= 0.3 is 5.97 Å². The van der Waals surface area contributed by atoms with Crippen LogP contribution in [0.15, 0.2) is 30.6 Å². The van der Waals surface area contributed by atoms with E-state index >= 15 is 0 Å². The third-order valence-corrected chi connectivity index (χ3v) is 2.98. The number of hydrogen-bond acceptors (Lipinski definition) is 3. The first kappa shape index (κ1) is 13.8. The van der Waals surface area contributed by atoms with Crippen LogP contribution in [-0.4, -0.2) is 26.8 Å². The van der Waals surface area contributed by atoms with E-state index in [0.717, 1.165) is 11.1 Å². The molecule has 0 bridgehead atoms. The maximum Gasteiger partial charge on any atom is 0.338 e. The Morgan fingerprint density at radius 2 is 2.05 bits per heavy atom. The molecule has 104 valence electrons. The summed E-state index contributed by atoms with van der Waals surface area (Å²) in [6.07, 6.45) is 2.54. The van der Waals surface area contributed by atoms with E-state index in [2.05, 4.69) is 10.4 Å². The van der Waals surface area contributed by atoms with Crippen LogP contribution in [0.1, 0.15) is 21.5 Å². The van der Waals surface area contributed by atoms with Crippen molar-refractivity contribution in [2.75, 3.05) is 5.32 Å². The van der Waals surface area contributed by atoms with E-state index in [1.165, 1.54) is 17.1 Å². The number of aromatic carboxylic acids is 1. The summed E-state index contributed by atoms with van der Waals surface area (Å²) in [4.78, 5) is 22.5. The predicted octanol–water partition coefficient (Wildman–Crippen LogP) is 1.84. The number of carbonyl (C=O) groups excluding carboxylic acids is 1. The fraction of sp³-hybridized carbons (Fsp3) is 0.214. The molecule has 2 aromatic rings. The molecule has 2 rings (SSSR count). The van der Waals surface area contributed by atoms with Crippen molar-refractivity contribution in [1.82, 2.24) is 9.78 Å². The normalized spacial score (nSPS) is 10.3. The smallest absolute Gasteiger partial charge is 0.338 e. The second kappa shape index (κ2) is 5.56. The Labute approximate surface area is 116 Å². The number of carbonyl (C=O) groups is 2. The zero-order valence-electron chi connectivity index (χ0n) is 11.3. The van der Waals surface area contributed by atoms with E-state index < -0.39 is 5.97 Å². The van der Waals surface area contributed by atoms with Crippen molar-refractivity contribution in [3.63, 3.8) is 0 Å². The van der Waals surface area contributed by atoms with Crippen LogP contribution in [-0.2, 0) is 11.3 Å². The van der Waals surface area contributed by atoms with Crippen LogP contribution in [0.25, 0.3) is 0 Å². The van der Waals surface area contributed by atoms with Crippen LogP contribution in [0.5, 0.6) is 0 Å². The number of anilines is 1. The van der Waals surface area contributed by atoms with Gasteiger partial charge in [0.05, 0.1) is 11.8 Å². The van der Waals surface area contributed by atoms with Crippen LogP contribution >= 0.6 is 0 Å². The summed E-state index contributed by atoms with van der Waals surface area (Å²) < 4.78 is 1.29. The van der Waals surface area contributed by atoms with Gasteiger partial charge in [0.25, 0.3) is 0 Å². The highest BCUT2D eigenvalue weighted by Gasteiger charge is 2.09. The zero-order chi connectivity index (χ0) is 14.7. The molecule has 0 saturated carbocycles. The minimum absolute atomic E-state index is 0.0276. The van der Waals surface area contributed by atoms with Gasteiger partial charge in [0.15, 0.2) is 0 Å². The fourth-order valence-electron chi connectivity index (χ4n) is 1.73. The quantitative estimate of drug-likeness (QED) is 0.890. The number of carboxylic acids is 1. The average molecular weight is 273 g/mol. The van der Waals surface area contributed by atoms with E-state index in [0.29, 0.717) is 5.69 Å². The molecule has 0 aliphatic rings. The molecular weight excluding hydrogens is 258 g/mol. The Kier molecular flexibility index (Phi) is 3.84. The average Bonchev–Trinajstić information content (AvgIpc) is 2.82. The number of aromatic nitrogens is 2. The number of nitrogens with zero attached hydrogens (tertiary/aromatic N) is 2. The van der Waals surface area contributed by atoms with Crippen molar-refractivity contribution in [3.8, 4) is 0 Å². The Morgan fingerprint density at radius 1 is 1.30 bits per heavy atom. The van der Waals surface area contributed by atoms with Crippen molar-refractivity contribution < 1.29 is 14.7 Å². The molecule has 0 radical (unpaired) electrons. The van der Waals surface area contributed by atoms with E-state index in [4.69, 9.17) is 5.11 Å². The third-order valence-electron chi connectivity index (χ3n) is 2.98. The molecule has 6 nitrogen and oxygen atoms in total. The van der Waals surface area contributed by atoms with Gasteiger partial charge in [0.1, 0.15) is 6.54 Å². The highest BCUT2D eigenvalue weighted by Crippen LogP contribution is 2.14. The number of hydrogen-bond donors (Lipinski definition) is 2. The highest BCUT2D eigenvalue weighted by atomic mass is 16.4. The molecule has 0 aliphatic heterocycles. The van der Waals surface area contributed by atoms with Gasteiger partial charge < -0.3 is 10.4 Å². The maximum atomic E-state index is 11.8. The second-order valence-electron chi connectivity index (χ2n) is 4.58. The van der Waals surface area contributed by atoms with Gasteiger partial charge in [-0.15, -0.1) is 0 Å². The molecule has 0 atom stereocenters. The standard InChI is InChI=1S/C14H15N3O3/c1-9-3-4-12(5-10(9)2)16-13(18)8-17-7-11(6-15-17)14(19)20/h3-7H,8H2,1-2H3,(H,16,18)(H,19,20). The molecule has 0 saturated heterocycles. The maximum absolute atomic E-state index is 11.8. The minimum atomic E-state index is -1.06. The first-order chi connectivity index (χ1) is 9.45. The Hall–Kier alpha value is -2.63. The van der Waals surface area contributed by atoms with Gasteiger partial charge in [-0.3, -0.25) is 9.48 Å². The number of aryl methyl sites for hydroxylation is 2. The lowest BCUT2D eigenvalue weighted by Crippen LogP contribution is -2.19. The van der Waals surface area contributed by atoms with Crippen molar-refractivity contribution >= 4 is 17.6 Å². The van der Waals surface area contributed by atoms with Crippen molar-refractivity contribution in [3.05, 3.63) is 47.3 Å². The molecule has 1 amide bonds. The summed E-state index contributed by atoms with van der Waals surface area (Å²) in [5.74, 6) is -1.32. The number of rotatable bonds is 4. The van der Waals surface area contributed by atoms with E-state index in [1.54, 1.807) is 0 Å². The number of amides is 1. The van der Waals surface area contributed by atoms with Gasteiger partial charge in [0.2, 0.25) is 5.91 Å². The van der Waals surface area contributed by atoms with Gasteiger partial charge in [-0.1, -0.05) is 6.07 Å². The first-order valence-corrected chi connectivity index (χ1v) is 6.08. The van der Waals surface area contributed by atoms with Gasteiger partial charge in [-0.2, -0.15) is 5.10 Å². The summed E-state index contributed by atoms with van der Waals surface area (Å²) in [5.41, 5.74) is 3.02. The Balaban J connectivity index is 2.01. The first-order valence-electron chi connectivity index (χ1n) is 6.08. The third kappa shape index (κ3) is 3.23. The van der Waals surface area contributed by atoms with Gasteiger partial charge in [0, 0.05) is 11.9 Å². The molecule has 0 spiro atoms. The molecule has 0 aliphatic carbocycles. The molecule has 1 heterocycles. The lowest BCUT2D eigenvalue weighted by Gasteiger charge is -2.07. The molecule has 6 heteroatoms. The number of nitrogens with one attached hydrogen (secondary N) is 1. The lowest BCUT2D eigenvalue weighted by atomic mass is 10.1. The number of carboxylic acid groups (broad SMARTS) is 1. The summed E-state index contributed by atoms with van der Waals surface area (Å²) in [5, 5.41) is 15.3. The fourth-order valence-corrected chi connectivity index (χ4v) is 1.73. The second-order valence-corrected chi connectivity index (χ2v) is 4.58. The van der Waals surface area contributed by atoms with Crippen molar-refractivity contribution in [1.29, 1.82) is 0 Å². The van der Waals surface area contributed by atoms with Crippen LogP contribution in [0, 0.1) is 13.8 Å². The molecular formula is C14H15N3O3. The summed E-state index contributed by atoms with van der Waals surface area (Å²) in [7, 11) is 0. The van der Waals surface area contributed by atoms with Gasteiger partial charge in [-0.05, 0) is 37.1 Å². The van der Waals surface area contributed by atoms with E-state index in [1.807, 2.05) is 32.0 Å². The van der Waals surface area contributed by atoms with E-state index in [9.17, 15) is 9.59 Å². The van der Waals surface area contributed by atoms with E-state index in [-0.39, 0.29) is 18.0 Å². The molecule has 20 heavy (non-hydrogen) atoms. The number of benzene rings is 1. The largest absolute Gasteiger partial charge is 0.478 e. The molecule has 0 unspecified atom stereocenters. The van der Waals surface area contributed by atoms with Crippen LogP contribution in [0.2, 0.25) is 0 Å². The van der Waals surface area contributed by atoms with Crippen LogP contribution < -0.4 is 5.32 Å². The minimum Gasteiger partial charge on any atom is -0.478 e. The summed E-state index contributed by atoms with van der Waals surface area (Å²) in [6.45, 7) is 3.94. The van der Waals surface area contributed by atoms with Crippen LogP contribution in [0.3, 0.4) is 0 Å². The highest BCUT2D eigenvalue weighted by molar-refractivity contribution is 5.91. The van der Waals surface area contributed by atoms with Gasteiger partial charge in [-0.25, -0.2) is 4.79 Å². The molecule has 1 aromatic heterocycles. The lowest BCUT2D eigenvalue weighted by molar-refractivity contribution is -0.116. The molecule has 2 N–H and O–H groups in total. The molecule has 0 fully saturated rings. The molecule has 1 aromatic carbocycles. The SMILES string of the molecule is Cc1ccc(NC(=O)Cn2cc(C(=O)O)cn2)cc1C. The Morgan fingerprint density at radius 3 is 2.65 bits per heavy atom. The predicted molar refractivity (Wildman–Crippen MR) is 73.7 cm³/mol. The van der Waals surface area contributed by atoms with Crippen molar-refractivity contribution in [2.45, 2.75) is 20.4 Å². The summed E-state index contributed by atoms with van der Waals surface area (Å²) >= 11 is 0. The van der Waals surface area contributed by atoms with Crippen LogP contribution in [0.4, 0.5) is 5.69 Å². The Bertz CT molecular complexity index is 661. The monoisotopic (exact) mass is 273 g/mol. The topological polar surface area (TPSA) is 84.2 Å². The zero-order valence-corrected chi connectivity index (χ0v) is 11.3.